The fourth-order valence-corrected chi connectivity index (χ4v) is 3.14. The number of carbonyl (C=O) groups excluding carboxylic acids is 2. The number of carbonyl (C=O) groups is 2. The van der Waals surface area contributed by atoms with Gasteiger partial charge < -0.3 is 19.7 Å². The molecular formula is C13H25NO4Si. The first-order valence-corrected chi connectivity index (χ1v) is 9.54. The van der Waals surface area contributed by atoms with E-state index in [-0.39, 0.29) is 29.6 Å². The van der Waals surface area contributed by atoms with Crippen molar-refractivity contribution in [3.05, 3.63) is 0 Å². The van der Waals surface area contributed by atoms with Crippen LogP contribution >= 0.6 is 0 Å². The summed E-state index contributed by atoms with van der Waals surface area (Å²) in [6.45, 7) is 10.9. The van der Waals surface area contributed by atoms with Crippen LogP contribution in [-0.4, -0.2) is 33.4 Å². The Morgan fingerprint density at radius 3 is 2.42 bits per heavy atom. The second-order valence-electron chi connectivity index (χ2n) is 6.75. The standard InChI is InChI=1S/C13H25NO4Si/c1-13(2,3)19(4,5)18-11(8-17-12(14)16)10-6-9(10)7-15/h7,9-11H,6,8H2,1-5H3,(H2,14,16)/t9-,10+,11+/m1/s1. The molecule has 0 unspecified atom stereocenters. The van der Waals surface area contributed by atoms with Gasteiger partial charge in [0.15, 0.2) is 8.32 Å². The van der Waals surface area contributed by atoms with Crippen molar-refractivity contribution in [1.82, 2.24) is 0 Å². The zero-order valence-electron chi connectivity index (χ0n) is 12.4. The lowest BCUT2D eigenvalue weighted by molar-refractivity contribution is -0.109. The molecule has 1 rings (SSSR count). The van der Waals surface area contributed by atoms with Crippen molar-refractivity contribution in [2.45, 2.75) is 51.4 Å². The van der Waals surface area contributed by atoms with Gasteiger partial charge in [0, 0.05) is 5.92 Å². The molecule has 5 nitrogen and oxygen atoms in total. The van der Waals surface area contributed by atoms with E-state index in [2.05, 4.69) is 33.9 Å². The van der Waals surface area contributed by atoms with E-state index in [0.29, 0.717) is 0 Å². The summed E-state index contributed by atoms with van der Waals surface area (Å²) in [5, 5.41) is 0.0730. The molecule has 0 spiro atoms. The lowest BCUT2D eigenvalue weighted by Gasteiger charge is -2.39. The number of aldehydes is 1. The molecule has 0 radical (unpaired) electrons. The van der Waals surface area contributed by atoms with E-state index < -0.39 is 14.4 Å². The highest BCUT2D eigenvalue weighted by molar-refractivity contribution is 6.74. The van der Waals surface area contributed by atoms with Crippen molar-refractivity contribution < 1.29 is 18.8 Å². The van der Waals surface area contributed by atoms with Gasteiger partial charge in [0.1, 0.15) is 12.9 Å². The molecule has 6 heteroatoms. The second-order valence-corrected chi connectivity index (χ2v) is 11.5. The van der Waals surface area contributed by atoms with Crippen molar-refractivity contribution in [3.8, 4) is 0 Å². The molecule has 2 N–H and O–H groups in total. The fraction of sp³-hybridized carbons (Fsp3) is 0.846. The minimum Gasteiger partial charge on any atom is -0.447 e. The first kappa shape index (κ1) is 16.2. The third kappa shape index (κ3) is 4.31. The number of nitrogens with two attached hydrogens (primary N) is 1. The quantitative estimate of drug-likeness (QED) is 0.600. The Morgan fingerprint density at radius 1 is 1.47 bits per heavy atom. The average Bonchev–Trinajstić information content (AvgIpc) is 3.01. The van der Waals surface area contributed by atoms with E-state index in [1.54, 1.807) is 0 Å². The molecule has 0 heterocycles. The summed E-state index contributed by atoms with van der Waals surface area (Å²) in [5.41, 5.74) is 5.00. The minimum absolute atomic E-state index is 0.0336. The molecule has 1 saturated carbocycles. The summed E-state index contributed by atoms with van der Waals surface area (Å²) in [6.07, 6.45) is 0.748. The molecule has 1 fully saturated rings. The molecule has 19 heavy (non-hydrogen) atoms. The van der Waals surface area contributed by atoms with Crippen LogP contribution in [0.5, 0.6) is 0 Å². The van der Waals surface area contributed by atoms with Crippen LogP contribution in [0.3, 0.4) is 0 Å². The molecule has 3 atom stereocenters. The van der Waals surface area contributed by atoms with Gasteiger partial charge in [-0.15, -0.1) is 0 Å². The Hall–Kier alpha value is -0.883. The van der Waals surface area contributed by atoms with Crippen molar-refractivity contribution in [2.24, 2.45) is 17.6 Å². The number of primary amides is 1. The zero-order valence-corrected chi connectivity index (χ0v) is 13.4. The lowest BCUT2D eigenvalue weighted by Crippen LogP contribution is -2.46. The molecule has 1 aliphatic rings. The van der Waals surface area contributed by atoms with Crippen LogP contribution in [0.15, 0.2) is 0 Å². The van der Waals surface area contributed by atoms with Gasteiger partial charge in [0.2, 0.25) is 0 Å². The maximum Gasteiger partial charge on any atom is 0.404 e. The van der Waals surface area contributed by atoms with E-state index in [9.17, 15) is 9.59 Å². The van der Waals surface area contributed by atoms with Crippen LogP contribution in [0, 0.1) is 11.8 Å². The Morgan fingerprint density at radius 2 is 2.05 bits per heavy atom. The SMILES string of the molecule is CC(C)(C)[Si](C)(C)O[C@@H](COC(N)=O)[C@H]1C[C@@H]1C=O. The van der Waals surface area contributed by atoms with Crippen LogP contribution in [0.4, 0.5) is 4.79 Å². The maximum atomic E-state index is 10.8. The Balaban J connectivity index is 2.69. The summed E-state index contributed by atoms with van der Waals surface area (Å²) in [7, 11) is -1.95. The fourth-order valence-electron chi connectivity index (χ4n) is 1.78. The van der Waals surface area contributed by atoms with Gasteiger partial charge >= 0.3 is 6.09 Å². The van der Waals surface area contributed by atoms with E-state index >= 15 is 0 Å². The highest BCUT2D eigenvalue weighted by atomic mass is 28.4. The number of rotatable bonds is 6. The Bertz CT molecular complexity index is 351. The third-order valence-corrected chi connectivity index (χ3v) is 8.69. The molecule has 0 aliphatic heterocycles. The Kier molecular flexibility index (Phi) is 4.79. The summed E-state index contributed by atoms with van der Waals surface area (Å²) >= 11 is 0. The smallest absolute Gasteiger partial charge is 0.404 e. The molecule has 1 aliphatic carbocycles. The molecule has 1 amide bonds. The first-order chi connectivity index (χ1) is 8.58. The molecule has 0 saturated heterocycles. The molecule has 0 aromatic rings. The van der Waals surface area contributed by atoms with Crippen molar-refractivity contribution in [2.75, 3.05) is 6.61 Å². The highest BCUT2D eigenvalue weighted by Gasteiger charge is 2.48. The van der Waals surface area contributed by atoms with Crippen LogP contribution in [0.1, 0.15) is 27.2 Å². The van der Waals surface area contributed by atoms with Gasteiger partial charge in [0.05, 0.1) is 6.10 Å². The second kappa shape index (κ2) is 5.62. The first-order valence-electron chi connectivity index (χ1n) is 6.64. The van der Waals surface area contributed by atoms with E-state index in [1.165, 1.54) is 0 Å². The minimum atomic E-state index is -1.95. The van der Waals surface area contributed by atoms with Crippen molar-refractivity contribution in [1.29, 1.82) is 0 Å². The molecular weight excluding hydrogens is 262 g/mol. The van der Waals surface area contributed by atoms with Crippen molar-refractivity contribution >= 4 is 20.7 Å². The maximum absolute atomic E-state index is 10.8. The van der Waals surface area contributed by atoms with Gasteiger partial charge in [-0.25, -0.2) is 4.79 Å². The van der Waals surface area contributed by atoms with Gasteiger partial charge in [-0.05, 0) is 30.5 Å². The summed E-state index contributed by atoms with van der Waals surface area (Å²) in [4.78, 5) is 21.6. The van der Waals surface area contributed by atoms with Crippen LogP contribution in [0.25, 0.3) is 0 Å². The van der Waals surface area contributed by atoms with E-state index in [1.807, 2.05) is 0 Å². The average molecular weight is 287 g/mol. The van der Waals surface area contributed by atoms with Gasteiger partial charge in [-0.2, -0.15) is 0 Å². The lowest BCUT2D eigenvalue weighted by atomic mass is 10.2. The van der Waals surface area contributed by atoms with Crippen LogP contribution in [0.2, 0.25) is 18.1 Å². The molecule has 110 valence electrons. The highest BCUT2D eigenvalue weighted by Crippen LogP contribution is 2.45. The van der Waals surface area contributed by atoms with Crippen LogP contribution in [-0.2, 0) is 14.0 Å². The summed E-state index contributed by atoms with van der Waals surface area (Å²) < 4.78 is 11.1. The zero-order chi connectivity index (χ0) is 14.8. The largest absolute Gasteiger partial charge is 0.447 e. The monoisotopic (exact) mass is 287 g/mol. The van der Waals surface area contributed by atoms with Crippen molar-refractivity contribution in [3.63, 3.8) is 0 Å². The molecule has 0 aromatic heterocycles. The number of hydrogen-bond acceptors (Lipinski definition) is 4. The predicted molar refractivity (Wildman–Crippen MR) is 75.3 cm³/mol. The Labute approximate surface area is 116 Å². The molecule has 0 aromatic carbocycles. The predicted octanol–water partition coefficient (Wildman–Crippen LogP) is 2.31. The summed E-state index contributed by atoms with van der Waals surface area (Å²) in [6, 6.07) is 0. The van der Waals surface area contributed by atoms with Gasteiger partial charge in [0.25, 0.3) is 0 Å². The van der Waals surface area contributed by atoms with E-state index in [0.717, 1.165) is 12.7 Å². The van der Waals surface area contributed by atoms with E-state index in [4.69, 9.17) is 14.9 Å². The molecule has 0 bridgehead atoms. The topological polar surface area (TPSA) is 78.6 Å². The van der Waals surface area contributed by atoms with Gasteiger partial charge in [-0.3, -0.25) is 0 Å². The number of ether oxygens (including phenoxy) is 1. The van der Waals surface area contributed by atoms with Crippen LogP contribution < -0.4 is 5.73 Å². The summed E-state index contributed by atoms with van der Waals surface area (Å²) in [5.74, 6) is 0.192. The number of amides is 1. The number of hydrogen-bond donors (Lipinski definition) is 1. The van der Waals surface area contributed by atoms with Gasteiger partial charge in [-0.1, -0.05) is 20.8 Å². The third-order valence-electron chi connectivity index (χ3n) is 4.19. The normalized spacial score (nSPS) is 24.7.